The summed E-state index contributed by atoms with van der Waals surface area (Å²) in [6, 6.07) is 0. The number of Topliss-reactive ketones (excluding diaryl/α,β-unsaturated/α-hetero) is 1. The smallest absolute Gasteiger partial charge is 0.178 e. The molecule has 0 radical (unpaired) electrons. The third-order valence-corrected chi connectivity index (χ3v) is 8.68. The van der Waals surface area contributed by atoms with Gasteiger partial charge < -0.3 is 5.11 Å². The SMILES string of the molecule is CC(=O)[C@@]1(O)CCC2C3C[C@H](Cl)C4=CC(=O)C=C[C@]4(C)C3CC[C@@]21C. The van der Waals surface area contributed by atoms with Gasteiger partial charge in [0.05, 0.1) is 5.38 Å². The maximum atomic E-state index is 12.2. The lowest BCUT2D eigenvalue weighted by molar-refractivity contribution is -0.158. The first-order chi connectivity index (χ1) is 11.6. The zero-order valence-corrected chi connectivity index (χ0v) is 16.0. The van der Waals surface area contributed by atoms with Gasteiger partial charge in [-0.2, -0.15) is 0 Å². The van der Waals surface area contributed by atoms with Crippen molar-refractivity contribution in [1.29, 1.82) is 0 Å². The van der Waals surface area contributed by atoms with Crippen LogP contribution in [0.2, 0.25) is 0 Å². The predicted octanol–water partition coefficient (Wildman–Crippen LogP) is 3.83. The Balaban J connectivity index is 1.75. The van der Waals surface area contributed by atoms with E-state index in [1.807, 2.05) is 0 Å². The summed E-state index contributed by atoms with van der Waals surface area (Å²) < 4.78 is 0. The minimum atomic E-state index is -1.19. The van der Waals surface area contributed by atoms with Gasteiger partial charge in [0.15, 0.2) is 11.6 Å². The molecule has 4 aliphatic carbocycles. The van der Waals surface area contributed by atoms with E-state index < -0.39 is 5.60 Å². The van der Waals surface area contributed by atoms with Crippen molar-refractivity contribution in [2.75, 3.05) is 0 Å². The van der Waals surface area contributed by atoms with Gasteiger partial charge in [-0.05, 0) is 74.5 Å². The number of hydrogen-bond acceptors (Lipinski definition) is 3. The number of aliphatic hydroxyl groups is 1. The summed E-state index contributed by atoms with van der Waals surface area (Å²) in [5.74, 6) is 1.05. The monoisotopic (exact) mass is 362 g/mol. The Labute approximate surface area is 154 Å². The van der Waals surface area contributed by atoms with Crippen LogP contribution in [0.25, 0.3) is 0 Å². The molecule has 136 valence electrons. The number of fused-ring (bicyclic) bond motifs is 5. The summed E-state index contributed by atoms with van der Waals surface area (Å²) in [5.41, 5.74) is -0.671. The zero-order chi connectivity index (χ0) is 18.2. The number of halogens is 1. The summed E-state index contributed by atoms with van der Waals surface area (Å²) in [6.45, 7) is 5.85. The lowest BCUT2D eigenvalue weighted by Gasteiger charge is -2.58. The van der Waals surface area contributed by atoms with Gasteiger partial charge in [-0.1, -0.05) is 19.9 Å². The largest absolute Gasteiger partial charge is 0.382 e. The molecule has 1 N–H and O–H groups in total. The number of carbonyl (C=O) groups is 2. The summed E-state index contributed by atoms with van der Waals surface area (Å²) >= 11 is 6.75. The van der Waals surface area contributed by atoms with Crippen molar-refractivity contribution in [3.8, 4) is 0 Å². The topological polar surface area (TPSA) is 54.4 Å². The number of rotatable bonds is 1. The van der Waals surface area contributed by atoms with E-state index in [4.69, 9.17) is 11.6 Å². The second kappa shape index (κ2) is 5.29. The van der Waals surface area contributed by atoms with Crippen LogP contribution in [-0.4, -0.2) is 27.7 Å². The van der Waals surface area contributed by atoms with Gasteiger partial charge in [0, 0.05) is 10.8 Å². The number of carbonyl (C=O) groups excluding carboxylic acids is 2. The molecule has 4 aliphatic rings. The Hall–Kier alpha value is -0.930. The highest BCUT2D eigenvalue weighted by Gasteiger charge is 2.65. The number of allylic oxidation sites excluding steroid dienone is 4. The number of alkyl halides is 1. The highest BCUT2D eigenvalue weighted by atomic mass is 35.5. The molecule has 3 saturated carbocycles. The van der Waals surface area contributed by atoms with Gasteiger partial charge in [-0.25, -0.2) is 0 Å². The molecule has 0 spiro atoms. The maximum Gasteiger partial charge on any atom is 0.178 e. The first kappa shape index (κ1) is 17.5. The standard InChI is InChI=1S/C21H27ClO3/c1-12(23)21(25)9-6-16-14-11-18(22)17-10-13(24)4-7-19(17,2)15(14)5-8-20(16,21)3/h4,7,10,14-16,18,25H,5-6,8-9,11H2,1-3H3/t14?,15?,16?,18-,19+,20-,21-/m0/s1. The third-order valence-electron chi connectivity index (χ3n) is 8.27. The number of hydrogen-bond donors (Lipinski definition) is 1. The van der Waals surface area contributed by atoms with Crippen LogP contribution >= 0.6 is 11.6 Å². The quantitative estimate of drug-likeness (QED) is 0.721. The normalized spacial score (nSPS) is 51.4. The molecule has 4 rings (SSSR count). The van der Waals surface area contributed by atoms with E-state index in [0.29, 0.717) is 24.2 Å². The molecule has 0 bridgehead atoms. The fourth-order valence-electron chi connectivity index (χ4n) is 6.79. The van der Waals surface area contributed by atoms with Crippen LogP contribution in [0.3, 0.4) is 0 Å². The zero-order valence-electron chi connectivity index (χ0n) is 15.2. The number of ketones is 2. The fourth-order valence-corrected chi connectivity index (χ4v) is 7.30. The molecular formula is C21H27ClO3. The van der Waals surface area contributed by atoms with Crippen LogP contribution < -0.4 is 0 Å². The van der Waals surface area contributed by atoms with Crippen LogP contribution in [0.1, 0.15) is 52.9 Å². The van der Waals surface area contributed by atoms with E-state index >= 15 is 0 Å². The van der Waals surface area contributed by atoms with E-state index in [1.165, 1.54) is 6.92 Å². The molecule has 0 aromatic heterocycles. The second-order valence-corrected chi connectivity index (χ2v) is 9.64. The molecule has 7 atom stereocenters. The summed E-state index contributed by atoms with van der Waals surface area (Å²) in [4.78, 5) is 24.1. The average Bonchev–Trinajstić information content (AvgIpc) is 2.83. The molecule has 0 heterocycles. The van der Waals surface area contributed by atoms with E-state index in [2.05, 4.69) is 19.9 Å². The van der Waals surface area contributed by atoms with Crippen LogP contribution in [0.4, 0.5) is 0 Å². The molecule has 0 aromatic carbocycles. The lowest BCUT2D eigenvalue weighted by atomic mass is 9.47. The van der Waals surface area contributed by atoms with Crippen molar-refractivity contribution in [2.45, 2.75) is 63.9 Å². The van der Waals surface area contributed by atoms with Gasteiger partial charge in [0.2, 0.25) is 0 Å². The Morgan fingerprint density at radius 3 is 2.60 bits per heavy atom. The summed E-state index contributed by atoms with van der Waals surface area (Å²) in [6.07, 6.45) is 9.58. The first-order valence-corrected chi connectivity index (χ1v) is 9.90. The van der Waals surface area contributed by atoms with Gasteiger partial charge in [-0.3, -0.25) is 9.59 Å². The van der Waals surface area contributed by atoms with Crippen molar-refractivity contribution in [2.24, 2.45) is 28.6 Å². The first-order valence-electron chi connectivity index (χ1n) is 9.46. The van der Waals surface area contributed by atoms with E-state index in [1.54, 1.807) is 12.2 Å². The maximum absolute atomic E-state index is 12.2. The van der Waals surface area contributed by atoms with Crippen molar-refractivity contribution < 1.29 is 14.7 Å². The molecular weight excluding hydrogens is 336 g/mol. The molecule has 4 heteroatoms. The highest BCUT2D eigenvalue weighted by molar-refractivity contribution is 6.23. The Bertz CT molecular complexity index is 710. The van der Waals surface area contributed by atoms with Gasteiger partial charge >= 0.3 is 0 Å². The lowest BCUT2D eigenvalue weighted by Crippen LogP contribution is -2.57. The van der Waals surface area contributed by atoms with Gasteiger partial charge in [-0.15, -0.1) is 11.6 Å². The van der Waals surface area contributed by atoms with Crippen LogP contribution in [0.15, 0.2) is 23.8 Å². The van der Waals surface area contributed by atoms with Crippen LogP contribution in [0.5, 0.6) is 0 Å². The van der Waals surface area contributed by atoms with Gasteiger partial charge in [0.25, 0.3) is 0 Å². The fraction of sp³-hybridized carbons (Fsp3) is 0.714. The summed E-state index contributed by atoms with van der Waals surface area (Å²) in [7, 11) is 0. The van der Waals surface area contributed by atoms with Gasteiger partial charge in [0.1, 0.15) is 5.60 Å². The molecule has 3 unspecified atom stereocenters. The Morgan fingerprint density at radius 1 is 1.24 bits per heavy atom. The Morgan fingerprint density at radius 2 is 1.92 bits per heavy atom. The van der Waals surface area contributed by atoms with E-state index in [9.17, 15) is 14.7 Å². The van der Waals surface area contributed by atoms with Crippen molar-refractivity contribution in [3.63, 3.8) is 0 Å². The minimum Gasteiger partial charge on any atom is -0.382 e. The van der Waals surface area contributed by atoms with Crippen molar-refractivity contribution >= 4 is 23.2 Å². The third kappa shape index (κ3) is 2.09. The molecule has 3 nitrogen and oxygen atoms in total. The second-order valence-electron chi connectivity index (χ2n) is 9.11. The molecule has 0 amide bonds. The van der Waals surface area contributed by atoms with Crippen molar-refractivity contribution in [1.82, 2.24) is 0 Å². The molecule has 0 aromatic rings. The minimum absolute atomic E-state index is 0.0315. The molecule has 3 fully saturated rings. The van der Waals surface area contributed by atoms with Crippen LogP contribution in [-0.2, 0) is 9.59 Å². The van der Waals surface area contributed by atoms with E-state index in [-0.39, 0.29) is 27.8 Å². The predicted molar refractivity (Wildman–Crippen MR) is 97.3 cm³/mol. The van der Waals surface area contributed by atoms with E-state index in [0.717, 1.165) is 31.3 Å². The molecule has 25 heavy (non-hydrogen) atoms. The van der Waals surface area contributed by atoms with Crippen LogP contribution in [0, 0.1) is 28.6 Å². The highest BCUT2D eigenvalue weighted by Crippen LogP contribution is 2.67. The summed E-state index contributed by atoms with van der Waals surface area (Å²) in [5, 5.41) is 11.0. The molecule has 0 saturated heterocycles. The average molecular weight is 363 g/mol. The molecule has 0 aliphatic heterocycles. The van der Waals surface area contributed by atoms with Crippen molar-refractivity contribution in [3.05, 3.63) is 23.8 Å². The Kier molecular flexibility index (Phi) is 3.70.